The van der Waals surface area contributed by atoms with Crippen LogP contribution in [0.3, 0.4) is 0 Å². The van der Waals surface area contributed by atoms with E-state index >= 15 is 0 Å². The lowest BCUT2D eigenvalue weighted by molar-refractivity contribution is 0.929. The fourth-order valence-corrected chi connectivity index (χ4v) is 1.28. The van der Waals surface area contributed by atoms with Gasteiger partial charge in [0, 0.05) is 24.5 Å². The van der Waals surface area contributed by atoms with Gasteiger partial charge in [-0.3, -0.25) is 9.98 Å². The van der Waals surface area contributed by atoms with Gasteiger partial charge in [0.05, 0.1) is 0 Å². The zero-order valence-electron chi connectivity index (χ0n) is 8.83. The molecule has 2 N–H and O–H groups in total. The molecule has 3 heteroatoms. The standard InChI is InChI=1S/C11H17N3/c1-3-6-14-11(12)10-5-7-13-8-9(10)4-2/h5,7-8H,3-4,6H2,1-2H3,(H2,12,14). The molecule has 0 saturated heterocycles. The molecule has 0 radical (unpaired) electrons. The van der Waals surface area contributed by atoms with Crippen molar-refractivity contribution in [3.05, 3.63) is 29.6 Å². The molecule has 0 aliphatic heterocycles. The van der Waals surface area contributed by atoms with Crippen LogP contribution in [0.5, 0.6) is 0 Å². The number of nitrogens with two attached hydrogens (primary N) is 1. The average molecular weight is 191 g/mol. The van der Waals surface area contributed by atoms with Gasteiger partial charge in [-0.2, -0.15) is 0 Å². The molecule has 1 heterocycles. The van der Waals surface area contributed by atoms with E-state index in [1.807, 2.05) is 12.3 Å². The van der Waals surface area contributed by atoms with Gasteiger partial charge in [0.1, 0.15) is 5.84 Å². The lowest BCUT2D eigenvalue weighted by atomic mass is 10.1. The molecule has 0 bridgehead atoms. The monoisotopic (exact) mass is 191 g/mol. The molecule has 3 nitrogen and oxygen atoms in total. The van der Waals surface area contributed by atoms with Crippen molar-refractivity contribution < 1.29 is 0 Å². The van der Waals surface area contributed by atoms with Crippen LogP contribution in [0.25, 0.3) is 0 Å². The third-order valence-electron chi connectivity index (χ3n) is 2.07. The second-order valence-electron chi connectivity index (χ2n) is 3.15. The molecule has 0 aliphatic carbocycles. The molecule has 1 aromatic heterocycles. The Hall–Kier alpha value is -1.38. The van der Waals surface area contributed by atoms with Gasteiger partial charge in [-0.15, -0.1) is 0 Å². The van der Waals surface area contributed by atoms with E-state index in [2.05, 4.69) is 23.8 Å². The van der Waals surface area contributed by atoms with Crippen LogP contribution in [-0.2, 0) is 6.42 Å². The van der Waals surface area contributed by atoms with Crippen molar-refractivity contribution in [2.75, 3.05) is 6.54 Å². The molecule has 0 unspecified atom stereocenters. The molecule has 0 atom stereocenters. The molecule has 0 spiro atoms. The summed E-state index contributed by atoms with van der Waals surface area (Å²) in [5.41, 5.74) is 8.06. The van der Waals surface area contributed by atoms with E-state index in [1.54, 1.807) is 6.20 Å². The normalized spacial score (nSPS) is 11.7. The van der Waals surface area contributed by atoms with Gasteiger partial charge in [-0.25, -0.2) is 0 Å². The minimum absolute atomic E-state index is 0.631. The smallest absolute Gasteiger partial charge is 0.126 e. The van der Waals surface area contributed by atoms with Crippen molar-refractivity contribution in [1.82, 2.24) is 4.98 Å². The summed E-state index contributed by atoms with van der Waals surface area (Å²) >= 11 is 0. The summed E-state index contributed by atoms with van der Waals surface area (Å²) in [6.07, 6.45) is 5.56. The van der Waals surface area contributed by atoms with E-state index in [9.17, 15) is 0 Å². The molecule has 76 valence electrons. The fraction of sp³-hybridized carbons (Fsp3) is 0.455. The van der Waals surface area contributed by atoms with E-state index in [0.717, 1.165) is 30.5 Å². The first-order chi connectivity index (χ1) is 6.79. The van der Waals surface area contributed by atoms with E-state index in [1.165, 1.54) is 0 Å². The predicted octanol–water partition coefficient (Wildman–Crippen LogP) is 1.76. The third-order valence-corrected chi connectivity index (χ3v) is 2.07. The van der Waals surface area contributed by atoms with Crippen molar-refractivity contribution in [2.45, 2.75) is 26.7 Å². The summed E-state index contributed by atoms with van der Waals surface area (Å²) in [4.78, 5) is 8.36. The summed E-state index contributed by atoms with van der Waals surface area (Å²) in [6, 6.07) is 1.92. The van der Waals surface area contributed by atoms with Crippen molar-refractivity contribution >= 4 is 5.84 Å². The van der Waals surface area contributed by atoms with Gasteiger partial charge in [-0.1, -0.05) is 13.8 Å². The molecular formula is C11H17N3. The van der Waals surface area contributed by atoms with E-state index < -0.39 is 0 Å². The number of hydrogen-bond donors (Lipinski definition) is 1. The van der Waals surface area contributed by atoms with E-state index in [0.29, 0.717) is 5.84 Å². The lowest BCUT2D eigenvalue weighted by Crippen LogP contribution is -2.16. The number of aliphatic imine (C=N–C) groups is 1. The van der Waals surface area contributed by atoms with Crippen molar-refractivity contribution in [3.8, 4) is 0 Å². The Morgan fingerprint density at radius 2 is 2.29 bits per heavy atom. The van der Waals surface area contributed by atoms with Gasteiger partial charge in [-0.05, 0) is 24.5 Å². The van der Waals surface area contributed by atoms with Gasteiger partial charge in [0.25, 0.3) is 0 Å². The van der Waals surface area contributed by atoms with Crippen LogP contribution in [0.1, 0.15) is 31.4 Å². The Labute approximate surface area is 85.1 Å². The molecule has 0 amide bonds. The number of aromatic nitrogens is 1. The summed E-state index contributed by atoms with van der Waals surface area (Å²) in [5.74, 6) is 0.631. The van der Waals surface area contributed by atoms with Crippen LogP contribution in [-0.4, -0.2) is 17.4 Å². The largest absolute Gasteiger partial charge is 0.383 e. The lowest BCUT2D eigenvalue weighted by Gasteiger charge is -2.05. The van der Waals surface area contributed by atoms with Crippen LogP contribution in [0.15, 0.2) is 23.5 Å². The Bertz CT molecular complexity index is 318. The van der Waals surface area contributed by atoms with Gasteiger partial charge < -0.3 is 5.73 Å². The zero-order valence-corrected chi connectivity index (χ0v) is 8.83. The van der Waals surface area contributed by atoms with E-state index in [-0.39, 0.29) is 0 Å². The first kappa shape index (κ1) is 10.7. The zero-order chi connectivity index (χ0) is 10.4. The third kappa shape index (κ3) is 2.55. The van der Waals surface area contributed by atoms with Crippen LogP contribution in [0.4, 0.5) is 0 Å². The second kappa shape index (κ2) is 5.37. The van der Waals surface area contributed by atoms with Crippen molar-refractivity contribution in [3.63, 3.8) is 0 Å². The minimum atomic E-state index is 0.631. The highest BCUT2D eigenvalue weighted by Crippen LogP contribution is 2.07. The summed E-state index contributed by atoms with van der Waals surface area (Å²) in [5, 5.41) is 0. The maximum atomic E-state index is 5.88. The number of nitrogens with zero attached hydrogens (tertiary/aromatic N) is 2. The molecule has 1 aromatic rings. The number of aryl methyl sites for hydroxylation is 1. The van der Waals surface area contributed by atoms with Gasteiger partial charge >= 0.3 is 0 Å². The van der Waals surface area contributed by atoms with Gasteiger partial charge in [0.2, 0.25) is 0 Å². The van der Waals surface area contributed by atoms with Crippen LogP contribution in [0.2, 0.25) is 0 Å². The quantitative estimate of drug-likeness (QED) is 0.582. The summed E-state index contributed by atoms with van der Waals surface area (Å²) in [6.45, 7) is 4.97. The first-order valence-corrected chi connectivity index (χ1v) is 5.02. The van der Waals surface area contributed by atoms with Crippen LogP contribution in [0, 0.1) is 0 Å². The number of rotatable bonds is 4. The number of pyridine rings is 1. The highest BCUT2D eigenvalue weighted by molar-refractivity contribution is 5.98. The van der Waals surface area contributed by atoms with Crippen molar-refractivity contribution in [2.24, 2.45) is 10.7 Å². The second-order valence-corrected chi connectivity index (χ2v) is 3.15. The first-order valence-electron chi connectivity index (χ1n) is 5.02. The molecule has 0 aromatic carbocycles. The summed E-state index contributed by atoms with van der Waals surface area (Å²) < 4.78 is 0. The fourth-order valence-electron chi connectivity index (χ4n) is 1.28. The molecule has 0 fully saturated rings. The predicted molar refractivity (Wildman–Crippen MR) is 59.5 cm³/mol. The maximum Gasteiger partial charge on any atom is 0.126 e. The van der Waals surface area contributed by atoms with Crippen LogP contribution >= 0.6 is 0 Å². The topological polar surface area (TPSA) is 51.3 Å². The average Bonchev–Trinajstić information content (AvgIpc) is 2.25. The highest BCUT2D eigenvalue weighted by Gasteiger charge is 2.03. The Morgan fingerprint density at radius 1 is 1.50 bits per heavy atom. The molecule has 1 rings (SSSR count). The SMILES string of the molecule is CCCN=C(N)c1ccncc1CC. The molecular weight excluding hydrogens is 174 g/mol. The highest BCUT2D eigenvalue weighted by atomic mass is 14.8. The maximum absolute atomic E-state index is 5.88. The Morgan fingerprint density at radius 3 is 2.93 bits per heavy atom. The molecule has 0 aliphatic rings. The Balaban J connectivity index is 2.93. The molecule has 0 saturated carbocycles. The molecule has 14 heavy (non-hydrogen) atoms. The number of amidine groups is 1. The van der Waals surface area contributed by atoms with Gasteiger partial charge in [0.15, 0.2) is 0 Å². The van der Waals surface area contributed by atoms with Crippen molar-refractivity contribution in [1.29, 1.82) is 0 Å². The summed E-state index contributed by atoms with van der Waals surface area (Å²) in [7, 11) is 0. The minimum Gasteiger partial charge on any atom is -0.383 e. The van der Waals surface area contributed by atoms with E-state index in [4.69, 9.17) is 5.73 Å². The number of hydrogen-bond acceptors (Lipinski definition) is 2. The Kier molecular flexibility index (Phi) is 4.11. The van der Waals surface area contributed by atoms with Crippen LogP contribution < -0.4 is 5.73 Å².